The Morgan fingerprint density at radius 3 is 1.25 bits per heavy atom. The van der Waals surface area contributed by atoms with Crippen molar-refractivity contribution in [2.75, 3.05) is 47.1 Å². The fourth-order valence-electron chi connectivity index (χ4n) is 6.00. The van der Waals surface area contributed by atoms with Crippen LogP contribution >= 0.6 is 7.60 Å². The van der Waals surface area contributed by atoms with Gasteiger partial charge in [0.15, 0.2) is 0 Å². The van der Waals surface area contributed by atoms with Crippen molar-refractivity contribution in [2.45, 2.75) is 200 Å². The molecule has 9 heteroatoms. The van der Waals surface area contributed by atoms with Gasteiger partial charge in [-0.05, 0) is 78.3 Å². The monoisotopic (exact) mass is 770 g/mol. The zero-order chi connectivity index (χ0) is 39.1. The lowest BCUT2D eigenvalue weighted by Gasteiger charge is -2.22. The summed E-state index contributed by atoms with van der Waals surface area (Å²) in [4.78, 5) is 26.9. The Labute approximate surface area is 327 Å². The quantitative estimate of drug-likeness (QED) is 0.0263. The highest BCUT2D eigenvalue weighted by molar-refractivity contribution is 7.53. The topological polar surface area (TPSA) is 91.4 Å². The van der Waals surface area contributed by atoms with E-state index >= 15 is 0 Å². The minimum absolute atomic E-state index is 0.139. The lowest BCUT2D eigenvalue weighted by molar-refractivity contribution is -0.151. The van der Waals surface area contributed by atoms with Crippen molar-refractivity contribution in [3.8, 4) is 0 Å². The van der Waals surface area contributed by atoms with Crippen LogP contribution < -0.4 is 0 Å². The van der Waals surface area contributed by atoms with Crippen LogP contribution in [0.4, 0.5) is 0 Å². The molecule has 0 radical (unpaired) electrons. The number of carbonyl (C=O) groups is 2. The molecule has 0 saturated carbocycles. The van der Waals surface area contributed by atoms with Gasteiger partial charge in [-0.25, -0.2) is 0 Å². The molecular weight excluding hydrogens is 685 g/mol. The molecule has 8 nitrogen and oxygen atoms in total. The van der Waals surface area contributed by atoms with Crippen molar-refractivity contribution in [1.29, 1.82) is 0 Å². The van der Waals surface area contributed by atoms with Gasteiger partial charge < -0.3 is 18.9 Å². The molecule has 0 rings (SSSR count). The molecule has 1 unspecified atom stereocenters. The predicted molar refractivity (Wildman–Crippen MR) is 224 cm³/mol. The molecule has 0 aromatic carbocycles. The van der Waals surface area contributed by atoms with E-state index in [0.717, 1.165) is 64.2 Å². The molecular formula is C44H84NO7P. The van der Waals surface area contributed by atoms with Gasteiger partial charge in [0.2, 0.25) is 0 Å². The molecule has 0 N–H and O–H groups in total. The van der Waals surface area contributed by atoms with Gasteiger partial charge in [-0.1, -0.05) is 141 Å². The van der Waals surface area contributed by atoms with Crippen LogP contribution in [0.1, 0.15) is 194 Å². The van der Waals surface area contributed by atoms with Crippen molar-refractivity contribution < 1.29 is 32.7 Å². The maximum Gasteiger partial charge on any atom is 0.328 e. The Balaban J connectivity index is 4.26. The molecule has 0 aliphatic rings. The van der Waals surface area contributed by atoms with Gasteiger partial charge in [0.1, 0.15) is 19.3 Å². The Morgan fingerprint density at radius 2 is 0.887 bits per heavy atom. The number of unbranched alkanes of at least 4 members (excludes halogenated alkanes) is 22. The van der Waals surface area contributed by atoms with E-state index in [0.29, 0.717) is 19.4 Å². The third-order valence-corrected chi connectivity index (χ3v) is 10.7. The average Bonchev–Trinajstić information content (AvgIpc) is 3.12. The predicted octanol–water partition coefficient (Wildman–Crippen LogP) is 12.9. The first-order valence-electron chi connectivity index (χ1n) is 21.9. The fraction of sp³-hybridized carbons (Fsp3) is 0.864. The smallest absolute Gasteiger partial charge is 0.328 e. The molecule has 0 heterocycles. The van der Waals surface area contributed by atoms with Gasteiger partial charge in [0.05, 0.1) is 6.61 Å². The van der Waals surface area contributed by atoms with Gasteiger partial charge in [-0.2, -0.15) is 0 Å². The van der Waals surface area contributed by atoms with E-state index in [1.165, 1.54) is 109 Å². The second-order valence-electron chi connectivity index (χ2n) is 15.2. The highest BCUT2D eigenvalue weighted by atomic mass is 31.2. The van der Waals surface area contributed by atoms with E-state index in [4.69, 9.17) is 18.5 Å². The zero-order valence-corrected chi connectivity index (χ0v) is 36.2. The summed E-state index contributed by atoms with van der Waals surface area (Å²) in [5.41, 5.74) is 0. The minimum atomic E-state index is -3.45. The summed E-state index contributed by atoms with van der Waals surface area (Å²) in [6.45, 7) is 6.45. The van der Waals surface area contributed by atoms with Crippen LogP contribution in [-0.2, 0) is 32.7 Å². The molecule has 1 atom stereocenters. The van der Waals surface area contributed by atoms with Gasteiger partial charge >= 0.3 is 19.5 Å². The van der Waals surface area contributed by atoms with Gasteiger partial charge in [0.25, 0.3) is 0 Å². The molecule has 0 bridgehead atoms. The van der Waals surface area contributed by atoms with Crippen LogP contribution in [0.2, 0.25) is 0 Å². The molecule has 0 aliphatic heterocycles. The maximum absolute atomic E-state index is 13.0. The summed E-state index contributed by atoms with van der Waals surface area (Å²) in [7, 11) is 0.352. The summed E-state index contributed by atoms with van der Waals surface area (Å²) in [6.07, 6.45) is 40.2. The Bertz CT molecular complexity index is 883. The number of likely N-dealkylation sites (N-methyl/N-ethyl adjacent to an activating group) is 1. The number of allylic oxidation sites excluding steroid dienone is 4. The number of esters is 2. The normalized spacial score (nSPS) is 13.6. The number of nitrogens with zero attached hydrogens (tertiary/aromatic N) is 1. The number of ether oxygens (including phenoxy) is 2. The van der Waals surface area contributed by atoms with Crippen LogP contribution in [-0.4, -0.2) is 70.1 Å². The van der Waals surface area contributed by atoms with Crippen LogP contribution in [0.3, 0.4) is 0 Å². The van der Waals surface area contributed by atoms with E-state index < -0.39 is 13.7 Å². The summed E-state index contributed by atoms with van der Waals surface area (Å²) >= 11 is 0. The van der Waals surface area contributed by atoms with Crippen molar-refractivity contribution in [1.82, 2.24) is 4.90 Å². The molecule has 53 heavy (non-hydrogen) atoms. The van der Waals surface area contributed by atoms with Crippen molar-refractivity contribution in [3.05, 3.63) is 24.3 Å². The minimum Gasteiger partial charge on any atom is -0.463 e. The zero-order valence-electron chi connectivity index (χ0n) is 35.3. The summed E-state index contributed by atoms with van der Waals surface area (Å²) in [5.74, 6) is -0.648. The van der Waals surface area contributed by atoms with Gasteiger partial charge in [-0.15, -0.1) is 0 Å². The van der Waals surface area contributed by atoms with Crippen LogP contribution in [0.5, 0.6) is 0 Å². The number of hydrogen-bond donors (Lipinski definition) is 0. The molecule has 0 saturated heterocycles. The first-order valence-corrected chi connectivity index (χ1v) is 23.9. The van der Waals surface area contributed by atoms with Crippen molar-refractivity contribution in [2.24, 2.45) is 0 Å². The highest BCUT2D eigenvalue weighted by Gasteiger charge is 2.26. The highest BCUT2D eigenvalue weighted by Crippen LogP contribution is 2.45. The lowest BCUT2D eigenvalue weighted by Crippen LogP contribution is -2.28. The SMILES string of the molecule is CCCCCCCCC=CCCCCCCCC(=O)OCC(COC(=O)CCCCCCCC=CCCCCCCCC)OP(C)(=O)OCCN(C)C. The third-order valence-electron chi connectivity index (χ3n) is 9.35. The molecule has 0 spiro atoms. The fourth-order valence-corrected chi connectivity index (χ4v) is 7.13. The molecule has 0 aliphatic carbocycles. The Morgan fingerprint density at radius 1 is 0.547 bits per heavy atom. The molecule has 0 aromatic rings. The first kappa shape index (κ1) is 51.5. The second kappa shape index (κ2) is 38.8. The largest absolute Gasteiger partial charge is 0.463 e. The standard InChI is InChI=1S/C44H84NO7P/c1-6-8-10-12-14-16-18-20-22-24-26-28-30-32-34-36-43(46)49-40-42(52-53(5,48)51-39-38-45(3)4)41-50-44(47)37-35-33-31-29-27-25-23-21-19-17-15-13-11-9-7-2/h20-23,42H,6-19,24-41H2,1-5H3. The summed E-state index contributed by atoms with van der Waals surface area (Å²) in [5, 5.41) is 0. The molecule has 0 amide bonds. The van der Waals surface area contributed by atoms with E-state index in [1.807, 2.05) is 19.0 Å². The molecule has 0 fully saturated rings. The van der Waals surface area contributed by atoms with E-state index in [9.17, 15) is 14.2 Å². The number of rotatable bonds is 40. The van der Waals surface area contributed by atoms with Crippen LogP contribution in [0.25, 0.3) is 0 Å². The number of carbonyl (C=O) groups excluding carboxylic acids is 2. The summed E-state index contributed by atoms with van der Waals surface area (Å²) in [6, 6.07) is 0. The Kier molecular flexibility index (Phi) is 37.7. The van der Waals surface area contributed by atoms with E-state index in [-0.39, 0.29) is 31.8 Å². The van der Waals surface area contributed by atoms with Crippen molar-refractivity contribution in [3.63, 3.8) is 0 Å². The molecule has 0 aromatic heterocycles. The van der Waals surface area contributed by atoms with E-state index in [2.05, 4.69) is 38.2 Å². The maximum atomic E-state index is 13.0. The van der Waals surface area contributed by atoms with E-state index in [1.54, 1.807) is 0 Å². The first-order chi connectivity index (χ1) is 25.7. The van der Waals surface area contributed by atoms with Crippen LogP contribution in [0, 0.1) is 0 Å². The average molecular weight is 770 g/mol. The summed E-state index contributed by atoms with van der Waals surface area (Å²) < 4.78 is 35.2. The van der Waals surface area contributed by atoms with Gasteiger partial charge in [-0.3, -0.25) is 18.7 Å². The molecule has 312 valence electrons. The third kappa shape index (κ3) is 40.0. The van der Waals surface area contributed by atoms with Gasteiger partial charge in [0, 0.05) is 26.1 Å². The lowest BCUT2D eigenvalue weighted by atomic mass is 10.1. The van der Waals surface area contributed by atoms with Crippen molar-refractivity contribution >= 4 is 19.5 Å². The second-order valence-corrected chi connectivity index (χ2v) is 17.2. The Hall–Kier alpha value is -1.47. The number of hydrogen-bond acceptors (Lipinski definition) is 8. The van der Waals surface area contributed by atoms with Crippen LogP contribution in [0.15, 0.2) is 24.3 Å².